The van der Waals surface area contributed by atoms with Gasteiger partial charge in [-0.1, -0.05) is 37.3 Å². The Morgan fingerprint density at radius 2 is 1.80 bits per heavy atom. The summed E-state index contributed by atoms with van der Waals surface area (Å²) < 4.78 is 24.1. The molecule has 0 bridgehead atoms. The van der Waals surface area contributed by atoms with Crippen LogP contribution in [0.25, 0.3) is 0 Å². The fraction of sp³-hybridized carbons (Fsp3) is 0.600. The number of nitrogens with one attached hydrogen (secondary N) is 1. The molecular weight excluding hydrogens is 273 g/mol. The highest BCUT2D eigenvalue weighted by atomic mass is 31.2. The molecular formula is C15H24NO3P. The second-order valence-electron chi connectivity index (χ2n) is 5.20. The van der Waals surface area contributed by atoms with E-state index in [4.69, 9.17) is 9.05 Å². The van der Waals surface area contributed by atoms with E-state index >= 15 is 0 Å². The van der Waals surface area contributed by atoms with E-state index in [1.165, 1.54) is 5.56 Å². The van der Waals surface area contributed by atoms with Crippen molar-refractivity contribution in [1.29, 1.82) is 0 Å². The van der Waals surface area contributed by atoms with Crippen molar-refractivity contribution in [3.8, 4) is 0 Å². The third-order valence-corrected chi connectivity index (χ3v) is 6.76. The predicted octanol–water partition coefficient (Wildman–Crippen LogP) is 3.78. The number of hydrogen-bond donors (Lipinski definition) is 1. The summed E-state index contributed by atoms with van der Waals surface area (Å²) in [4.78, 5) is 0. The van der Waals surface area contributed by atoms with Crippen molar-refractivity contribution >= 4 is 7.60 Å². The maximum absolute atomic E-state index is 13.0. The van der Waals surface area contributed by atoms with Gasteiger partial charge >= 0.3 is 7.60 Å². The van der Waals surface area contributed by atoms with Gasteiger partial charge in [-0.2, -0.15) is 0 Å². The van der Waals surface area contributed by atoms with Crippen LogP contribution in [0.3, 0.4) is 0 Å². The Morgan fingerprint density at radius 1 is 1.25 bits per heavy atom. The van der Waals surface area contributed by atoms with Gasteiger partial charge in [-0.05, 0) is 31.7 Å². The highest BCUT2D eigenvalue weighted by Crippen LogP contribution is 2.72. The zero-order valence-corrected chi connectivity index (χ0v) is 13.4. The number of rotatable bonds is 8. The Morgan fingerprint density at radius 3 is 2.25 bits per heavy atom. The van der Waals surface area contributed by atoms with Crippen LogP contribution in [0.1, 0.15) is 32.8 Å². The molecule has 0 unspecified atom stereocenters. The Balaban J connectivity index is 2.11. The van der Waals surface area contributed by atoms with E-state index in [1.54, 1.807) is 0 Å². The van der Waals surface area contributed by atoms with E-state index in [1.807, 2.05) is 32.0 Å². The SMILES string of the molecule is CCOP(=O)(OCC)[C@]1(NCc2ccccc2)C[C@@H]1C. The molecule has 112 valence electrons. The first kappa shape index (κ1) is 15.7. The summed E-state index contributed by atoms with van der Waals surface area (Å²) in [6, 6.07) is 10.1. The molecule has 2 atom stereocenters. The molecule has 1 fully saturated rings. The highest BCUT2D eigenvalue weighted by molar-refractivity contribution is 7.56. The molecule has 0 spiro atoms. The van der Waals surface area contributed by atoms with E-state index in [-0.39, 0.29) is 0 Å². The maximum atomic E-state index is 13.0. The maximum Gasteiger partial charge on any atom is 0.350 e. The van der Waals surface area contributed by atoms with Crippen LogP contribution >= 0.6 is 7.60 Å². The smallest absolute Gasteiger partial charge is 0.308 e. The van der Waals surface area contributed by atoms with Gasteiger partial charge in [-0.25, -0.2) is 0 Å². The molecule has 0 radical (unpaired) electrons. The minimum absolute atomic E-state index is 0.301. The lowest BCUT2D eigenvalue weighted by molar-refractivity contribution is 0.201. The minimum atomic E-state index is -3.12. The zero-order chi connectivity index (χ0) is 14.6. The van der Waals surface area contributed by atoms with Crippen LogP contribution in [0.15, 0.2) is 30.3 Å². The van der Waals surface area contributed by atoms with Crippen molar-refractivity contribution < 1.29 is 13.6 Å². The van der Waals surface area contributed by atoms with Crippen molar-refractivity contribution in [3.05, 3.63) is 35.9 Å². The summed E-state index contributed by atoms with van der Waals surface area (Å²) in [5.74, 6) is 0.301. The summed E-state index contributed by atoms with van der Waals surface area (Å²) in [5, 5.41) is 2.91. The van der Waals surface area contributed by atoms with Crippen LogP contribution in [-0.4, -0.2) is 18.5 Å². The second-order valence-corrected chi connectivity index (χ2v) is 7.51. The van der Waals surface area contributed by atoms with Gasteiger partial charge in [-0.15, -0.1) is 0 Å². The topological polar surface area (TPSA) is 47.6 Å². The van der Waals surface area contributed by atoms with E-state index < -0.39 is 12.9 Å². The van der Waals surface area contributed by atoms with Gasteiger partial charge in [0.15, 0.2) is 0 Å². The monoisotopic (exact) mass is 297 g/mol. The molecule has 1 aliphatic rings. The summed E-state index contributed by atoms with van der Waals surface area (Å²) in [6.07, 6.45) is 0.830. The summed E-state index contributed by atoms with van der Waals surface area (Å²) in [7, 11) is -3.12. The minimum Gasteiger partial charge on any atom is -0.308 e. The predicted molar refractivity (Wildman–Crippen MR) is 80.7 cm³/mol. The van der Waals surface area contributed by atoms with Gasteiger partial charge in [0.2, 0.25) is 0 Å². The Labute approximate surface area is 121 Å². The molecule has 1 aromatic rings. The molecule has 1 N–H and O–H groups in total. The number of benzene rings is 1. The van der Waals surface area contributed by atoms with E-state index in [0.29, 0.717) is 25.7 Å². The van der Waals surface area contributed by atoms with Crippen molar-refractivity contribution in [2.24, 2.45) is 5.92 Å². The van der Waals surface area contributed by atoms with Crippen LogP contribution in [0, 0.1) is 5.92 Å². The van der Waals surface area contributed by atoms with Crippen LogP contribution in [0.2, 0.25) is 0 Å². The van der Waals surface area contributed by atoms with Crippen LogP contribution in [0.5, 0.6) is 0 Å². The second kappa shape index (κ2) is 6.40. The lowest BCUT2D eigenvalue weighted by Crippen LogP contribution is -2.34. The molecule has 5 heteroatoms. The fourth-order valence-corrected chi connectivity index (χ4v) is 5.12. The summed E-state index contributed by atoms with van der Waals surface area (Å²) >= 11 is 0. The van der Waals surface area contributed by atoms with Gasteiger partial charge in [0.1, 0.15) is 5.28 Å². The van der Waals surface area contributed by atoms with Gasteiger partial charge in [0.05, 0.1) is 13.2 Å². The van der Waals surface area contributed by atoms with Gasteiger partial charge in [0, 0.05) is 6.54 Å². The van der Waals surface area contributed by atoms with E-state index in [2.05, 4.69) is 24.4 Å². The lowest BCUT2D eigenvalue weighted by Gasteiger charge is -2.28. The highest BCUT2D eigenvalue weighted by Gasteiger charge is 2.65. The molecule has 0 amide bonds. The largest absolute Gasteiger partial charge is 0.350 e. The number of hydrogen-bond acceptors (Lipinski definition) is 4. The molecule has 1 saturated carbocycles. The first-order valence-electron chi connectivity index (χ1n) is 7.26. The van der Waals surface area contributed by atoms with Crippen molar-refractivity contribution in [2.45, 2.75) is 39.0 Å². The molecule has 4 nitrogen and oxygen atoms in total. The normalized spacial score (nSPS) is 25.6. The molecule has 0 aromatic heterocycles. The van der Waals surface area contributed by atoms with Crippen molar-refractivity contribution in [3.63, 3.8) is 0 Å². The van der Waals surface area contributed by atoms with Crippen LogP contribution < -0.4 is 5.32 Å². The fourth-order valence-electron chi connectivity index (χ4n) is 2.59. The van der Waals surface area contributed by atoms with E-state index in [0.717, 1.165) is 6.42 Å². The van der Waals surface area contributed by atoms with Crippen molar-refractivity contribution in [1.82, 2.24) is 5.32 Å². The summed E-state index contributed by atoms with van der Waals surface area (Å²) in [6.45, 7) is 7.27. The van der Waals surface area contributed by atoms with E-state index in [9.17, 15) is 4.57 Å². The average molecular weight is 297 g/mol. The first-order valence-corrected chi connectivity index (χ1v) is 8.80. The van der Waals surface area contributed by atoms with Crippen LogP contribution in [-0.2, 0) is 20.2 Å². The third kappa shape index (κ3) is 2.99. The van der Waals surface area contributed by atoms with Crippen molar-refractivity contribution in [2.75, 3.05) is 13.2 Å². The third-order valence-electron chi connectivity index (χ3n) is 3.80. The van der Waals surface area contributed by atoms with Gasteiger partial charge in [-0.3, -0.25) is 9.88 Å². The zero-order valence-electron chi connectivity index (χ0n) is 12.5. The van der Waals surface area contributed by atoms with Gasteiger partial charge in [0.25, 0.3) is 0 Å². The van der Waals surface area contributed by atoms with Gasteiger partial charge < -0.3 is 9.05 Å². The molecule has 0 aliphatic heterocycles. The molecule has 1 aromatic carbocycles. The Bertz CT molecular complexity index is 469. The Kier molecular flexibility index (Phi) is 5.03. The molecule has 1 aliphatic carbocycles. The van der Waals surface area contributed by atoms with Crippen LogP contribution in [0.4, 0.5) is 0 Å². The lowest BCUT2D eigenvalue weighted by atomic mass is 10.2. The summed E-state index contributed by atoms with van der Waals surface area (Å²) in [5.41, 5.74) is 1.17. The average Bonchev–Trinajstić information content (AvgIpc) is 3.11. The molecule has 20 heavy (non-hydrogen) atoms. The standard InChI is InChI=1S/C15H24NO3P/c1-4-18-20(17,19-5-2)15(11-13(15)3)16-12-14-9-7-6-8-10-14/h6-10,13,16H,4-5,11-12H2,1-3H3/t13-,15+/m0/s1. The Hall–Kier alpha value is -0.670. The first-order chi connectivity index (χ1) is 9.58. The molecule has 0 saturated heterocycles. The molecule has 0 heterocycles. The molecule has 2 rings (SSSR count). The quantitative estimate of drug-likeness (QED) is 0.742.